The molecule has 1 heterocycles. The van der Waals surface area contributed by atoms with Crippen LogP contribution in [-0.4, -0.2) is 13.5 Å². The molecule has 0 atom stereocenters. The van der Waals surface area contributed by atoms with Gasteiger partial charge in [0.15, 0.2) is 0 Å². The van der Waals surface area contributed by atoms with Crippen molar-refractivity contribution in [2.75, 3.05) is 0 Å². The highest BCUT2D eigenvalue weighted by molar-refractivity contribution is 8.04. The third-order valence-corrected chi connectivity index (χ3v) is 1.52. The van der Waals surface area contributed by atoms with Crippen molar-refractivity contribution in [2.45, 2.75) is 0 Å². The van der Waals surface area contributed by atoms with Crippen molar-refractivity contribution in [3.05, 3.63) is 12.3 Å². The molecule has 0 aromatic rings. The summed E-state index contributed by atoms with van der Waals surface area (Å²) in [5.74, 6) is 0. The first kappa shape index (κ1) is 7.03. The van der Waals surface area contributed by atoms with E-state index in [9.17, 15) is 8.42 Å². The van der Waals surface area contributed by atoms with Crippen LogP contribution in [0.15, 0.2) is 17.5 Å². The van der Waals surface area contributed by atoms with E-state index in [-0.39, 0.29) is 5.04 Å². The molecule has 0 radical (unpaired) electrons. The lowest BCUT2D eigenvalue weighted by atomic mass is 10.7. The lowest BCUT2D eigenvalue weighted by Crippen LogP contribution is -2.23. The summed E-state index contributed by atoms with van der Waals surface area (Å²) in [4.78, 5) is 8.06. The molecule has 2 N–H and O–H groups in total. The zero-order valence-electron chi connectivity index (χ0n) is 4.72. The van der Waals surface area contributed by atoms with Gasteiger partial charge in [0.25, 0.3) is 10.0 Å². The minimum atomic E-state index is -3.77. The van der Waals surface area contributed by atoms with Crippen molar-refractivity contribution in [3.63, 3.8) is 0 Å². The molecule has 0 spiro atoms. The number of hydrogen-bond acceptors (Lipinski definition) is 5. The predicted molar refractivity (Wildman–Crippen MR) is 31.9 cm³/mol. The van der Waals surface area contributed by atoms with Crippen LogP contribution in [-0.2, 0) is 19.9 Å². The van der Waals surface area contributed by atoms with Gasteiger partial charge in [0.1, 0.15) is 6.26 Å². The molecule has 0 aromatic heterocycles. The second-order valence-electron chi connectivity index (χ2n) is 1.45. The Balaban J connectivity index is 2.94. The minimum Gasteiger partial charge on any atom is -0.275 e. The van der Waals surface area contributed by atoms with Gasteiger partial charge >= 0.3 is 0 Å². The Kier molecular flexibility index (Phi) is 1.60. The Morgan fingerprint density at radius 2 is 2.30 bits per heavy atom. The maximum atomic E-state index is 10.4. The van der Waals surface area contributed by atoms with Crippen molar-refractivity contribution < 1.29 is 18.3 Å². The number of oxime groups is 1. The van der Waals surface area contributed by atoms with Crippen LogP contribution in [0.4, 0.5) is 0 Å². The largest absolute Gasteiger partial charge is 0.275 e. The zero-order chi connectivity index (χ0) is 7.61. The normalized spacial score (nSPS) is 17.1. The van der Waals surface area contributed by atoms with E-state index >= 15 is 0 Å². The highest BCUT2D eigenvalue weighted by Gasteiger charge is 2.14. The summed E-state index contributed by atoms with van der Waals surface area (Å²) in [6, 6.07) is 0. The van der Waals surface area contributed by atoms with Crippen LogP contribution in [0.3, 0.4) is 0 Å². The first-order valence-electron chi connectivity index (χ1n) is 2.20. The number of nitrogens with two attached hydrogens (primary N) is 1. The molecule has 56 valence electrons. The van der Waals surface area contributed by atoms with Gasteiger partial charge in [0.2, 0.25) is 5.04 Å². The Hall–Kier alpha value is -1.08. The van der Waals surface area contributed by atoms with E-state index in [1.807, 2.05) is 0 Å². The summed E-state index contributed by atoms with van der Waals surface area (Å²) in [5.41, 5.74) is 0. The first-order valence-corrected chi connectivity index (χ1v) is 3.75. The van der Waals surface area contributed by atoms with Crippen LogP contribution >= 0.6 is 0 Å². The lowest BCUT2D eigenvalue weighted by molar-refractivity contribution is -0.251. The van der Waals surface area contributed by atoms with E-state index in [0.717, 1.165) is 12.3 Å². The van der Waals surface area contributed by atoms with Gasteiger partial charge in [0.05, 0.1) is 0 Å². The molecule has 1 aliphatic heterocycles. The van der Waals surface area contributed by atoms with E-state index in [0.29, 0.717) is 0 Å². The summed E-state index contributed by atoms with van der Waals surface area (Å²) in [6.45, 7) is 0. The van der Waals surface area contributed by atoms with E-state index in [2.05, 4.69) is 20.2 Å². The van der Waals surface area contributed by atoms with Crippen molar-refractivity contribution in [1.29, 1.82) is 0 Å². The lowest BCUT2D eigenvalue weighted by Gasteiger charge is -2.00. The monoisotopic (exact) mass is 164 g/mol. The predicted octanol–water partition coefficient (Wildman–Crippen LogP) is -0.936. The average molecular weight is 164 g/mol. The van der Waals surface area contributed by atoms with Gasteiger partial charge in [-0.25, -0.2) is 13.6 Å². The second kappa shape index (κ2) is 2.27. The Morgan fingerprint density at radius 3 is 2.60 bits per heavy atom. The number of nitrogens with zero attached hydrogens (tertiary/aromatic N) is 1. The van der Waals surface area contributed by atoms with Crippen LogP contribution in [0, 0.1) is 0 Å². The van der Waals surface area contributed by atoms with Crippen LogP contribution in [0.25, 0.3) is 0 Å². The Labute approximate surface area is 56.9 Å². The maximum Gasteiger partial charge on any atom is 0.259 e. The van der Waals surface area contributed by atoms with Gasteiger partial charge in [0, 0.05) is 6.08 Å². The number of primary sulfonamides is 1. The SMILES string of the molecule is NS(=O)(=O)C1=NOOC=C1. The van der Waals surface area contributed by atoms with Gasteiger partial charge in [-0.1, -0.05) is 0 Å². The average Bonchev–Trinajstić information content (AvgIpc) is 1.88. The smallest absolute Gasteiger partial charge is 0.259 e. The van der Waals surface area contributed by atoms with Crippen molar-refractivity contribution in [3.8, 4) is 0 Å². The fourth-order valence-corrected chi connectivity index (χ4v) is 0.726. The first-order chi connectivity index (χ1) is 4.61. The van der Waals surface area contributed by atoms with Gasteiger partial charge in [-0.05, 0) is 5.16 Å². The molecular weight excluding hydrogens is 160 g/mol. The van der Waals surface area contributed by atoms with Crippen LogP contribution in [0.2, 0.25) is 0 Å². The molecule has 10 heavy (non-hydrogen) atoms. The molecule has 0 aliphatic carbocycles. The third-order valence-electron chi connectivity index (χ3n) is 0.728. The van der Waals surface area contributed by atoms with E-state index in [4.69, 9.17) is 0 Å². The minimum absolute atomic E-state index is 0.362. The molecule has 1 aliphatic rings. The molecule has 7 heteroatoms. The molecule has 0 bridgehead atoms. The Morgan fingerprint density at radius 1 is 1.60 bits per heavy atom. The van der Waals surface area contributed by atoms with Crippen LogP contribution in [0.5, 0.6) is 0 Å². The molecule has 6 nitrogen and oxygen atoms in total. The van der Waals surface area contributed by atoms with E-state index in [1.54, 1.807) is 0 Å². The zero-order valence-corrected chi connectivity index (χ0v) is 5.54. The molecule has 0 fully saturated rings. The van der Waals surface area contributed by atoms with E-state index < -0.39 is 10.0 Å². The standard InChI is InChI=1S/C3H4N2O4S/c4-10(6,7)3-1-2-8-9-5-3/h1-2H,(H2,4,6,7). The topological polar surface area (TPSA) is 91.0 Å². The van der Waals surface area contributed by atoms with Crippen molar-refractivity contribution in [2.24, 2.45) is 10.3 Å². The van der Waals surface area contributed by atoms with Gasteiger partial charge in [-0.15, -0.1) is 0 Å². The number of rotatable bonds is 0. The quantitative estimate of drug-likeness (QED) is 0.468. The maximum absolute atomic E-state index is 10.4. The molecular formula is C3H4N2O4S. The molecule has 0 unspecified atom stereocenters. The summed E-state index contributed by atoms with van der Waals surface area (Å²) < 4.78 is 20.9. The van der Waals surface area contributed by atoms with Gasteiger partial charge < -0.3 is 0 Å². The highest BCUT2D eigenvalue weighted by atomic mass is 32.2. The highest BCUT2D eigenvalue weighted by Crippen LogP contribution is 1.98. The summed E-state index contributed by atoms with van der Waals surface area (Å²) in [5, 5.41) is 7.30. The summed E-state index contributed by atoms with van der Waals surface area (Å²) in [6.07, 6.45) is 2.10. The molecule has 0 aromatic carbocycles. The van der Waals surface area contributed by atoms with E-state index in [1.165, 1.54) is 0 Å². The molecule has 0 saturated carbocycles. The van der Waals surface area contributed by atoms with Gasteiger partial charge in [-0.3, -0.25) is 4.89 Å². The molecule has 1 rings (SSSR count). The van der Waals surface area contributed by atoms with Crippen LogP contribution in [0.1, 0.15) is 0 Å². The Bertz CT molecular complexity index is 277. The number of sulfonamides is 1. The summed E-state index contributed by atoms with van der Waals surface area (Å²) in [7, 11) is -3.77. The second-order valence-corrected chi connectivity index (χ2v) is 2.96. The number of hydrogen-bond donors (Lipinski definition) is 1. The van der Waals surface area contributed by atoms with Gasteiger partial charge in [-0.2, -0.15) is 4.99 Å². The fraction of sp³-hybridized carbons (Fsp3) is 0. The van der Waals surface area contributed by atoms with Crippen LogP contribution < -0.4 is 5.14 Å². The fourth-order valence-electron chi connectivity index (χ4n) is 0.346. The molecule has 0 amide bonds. The van der Waals surface area contributed by atoms with Crippen molar-refractivity contribution >= 4 is 15.1 Å². The summed E-state index contributed by atoms with van der Waals surface area (Å²) >= 11 is 0. The third kappa shape index (κ3) is 1.45. The molecule has 0 saturated heterocycles. The van der Waals surface area contributed by atoms with Crippen molar-refractivity contribution in [1.82, 2.24) is 0 Å².